The number of nitrogens with one attached hydrogen (secondary N) is 2. The van der Waals surface area contributed by atoms with Gasteiger partial charge in [0.25, 0.3) is 0 Å². The van der Waals surface area contributed by atoms with Gasteiger partial charge < -0.3 is 26.8 Å². The van der Waals surface area contributed by atoms with Crippen molar-refractivity contribution in [2.24, 2.45) is 0 Å². The molecule has 0 unspecified atom stereocenters. The molecule has 1 rings (SSSR count). The molecule has 0 fully saturated rings. The topological polar surface area (TPSA) is 52.0 Å². The first-order valence-electron chi connectivity index (χ1n) is 6.08. The molecule has 1 aromatic carbocycles. The molecule has 0 saturated carbocycles. The van der Waals surface area contributed by atoms with Crippen molar-refractivity contribution >= 4 is 11.8 Å². The molecule has 0 aliphatic carbocycles. The quantitative estimate of drug-likeness (QED) is 0.624. The minimum Gasteiger partial charge on any atom is -1.00 e. The zero-order valence-electron chi connectivity index (χ0n) is 11.5. The van der Waals surface area contributed by atoms with Gasteiger partial charge in [-0.25, -0.2) is 4.79 Å². The standard InChI is InChI=1S/C13H20N2O3.ClH/c1-4-17-12-8-6-5-7-11(12)14-13(16)18-10-9-15(2)3;/h5-8H,4,9-10H2,1-3H3,(H,14,16);1H. The monoisotopic (exact) mass is 288 g/mol. The first-order valence-corrected chi connectivity index (χ1v) is 6.08. The van der Waals surface area contributed by atoms with Crippen LogP contribution in [0.5, 0.6) is 5.75 Å². The lowest BCUT2D eigenvalue weighted by molar-refractivity contribution is -0.858. The Morgan fingerprint density at radius 2 is 2.00 bits per heavy atom. The number of anilines is 1. The molecule has 0 aromatic heterocycles. The third-order valence-electron chi connectivity index (χ3n) is 2.26. The second-order valence-corrected chi connectivity index (χ2v) is 4.15. The Balaban J connectivity index is 0.00000324. The summed E-state index contributed by atoms with van der Waals surface area (Å²) in [5, 5.41) is 2.67. The molecule has 0 radical (unpaired) electrons. The van der Waals surface area contributed by atoms with Crippen LogP contribution in [0.4, 0.5) is 10.5 Å². The van der Waals surface area contributed by atoms with Crippen molar-refractivity contribution in [2.75, 3.05) is 39.2 Å². The van der Waals surface area contributed by atoms with Gasteiger partial charge in [0.1, 0.15) is 18.9 Å². The third kappa shape index (κ3) is 6.88. The molecule has 0 bridgehead atoms. The van der Waals surface area contributed by atoms with E-state index in [1.165, 1.54) is 4.90 Å². The van der Waals surface area contributed by atoms with Crippen LogP contribution in [0.3, 0.4) is 0 Å². The van der Waals surface area contributed by atoms with E-state index in [9.17, 15) is 4.79 Å². The number of quaternary nitrogens is 1. The Morgan fingerprint density at radius 1 is 1.32 bits per heavy atom. The van der Waals surface area contributed by atoms with Crippen LogP contribution in [0.25, 0.3) is 0 Å². The van der Waals surface area contributed by atoms with E-state index in [-0.39, 0.29) is 12.4 Å². The second-order valence-electron chi connectivity index (χ2n) is 4.15. The first-order chi connectivity index (χ1) is 8.63. The van der Waals surface area contributed by atoms with Gasteiger partial charge in [-0.1, -0.05) is 12.1 Å². The lowest BCUT2D eigenvalue weighted by atomic mass is 10.3. The Bertz CT molecular complexity index is 386. The first kappa shape index (κ1) is 17.5. The summed E-state index contributed by atoms with van der Waals surface area (Å²) < 4.78 is 10.5. The van der Waals surface area contributed by atoms with Gasteiger partial charge in [-0.15, -0.1) is 0 Å². The number of para-hydroxylation sites is 2. The summed E-state index contributed by atoms with van der Waals surface area (Å²) >= 11 is 0. The molecule has 2 N–H and O–H groups in total. The van der Waals surface area contributed by atoms with Crippen molar-refractivity contribution in [3.05, 3.63) is 24.3 Å². The van der Waals surface area contributed by atoms with Crippen molar-refractivity contribution in [3.8, 4) is 5.75 Å². The van der Waals surface area contributed by atoms with E-state index < -0.39 is 6.09 Å². The maximum Gasteiger partial charge on any atom is 0.411 e. The molecule has 0 saturated heterocycles. The number of amides is 1. The van der Waals surface area contributed by atoms with Crippen molar-refractivity contribution < 1.29 is 31.6 Å². The van der Waals surface area contributed by atoms with Crippen LogP contribution in [0, 0.1) is 0 Å². The van der Waals surface area contributed by atoms with E-state index in [0.29, 0.717) is 24.7 Å². The largest absolute Gasteiger partial charge is 1.00 e. The molecular weight excluding hydrogens is 268 g/mol. The molecule has 1 amide bonds. The van der Waals surface area contributed by atoms with Crippen molar-refractivity contribution in [1.29, 1.82) is 0 Å². The molecule has 6 heteroatoms. The highest BCUT2D eigenvalue weighted by molar-refractivity contribution is 5.86. The van der Waals surface area contributed by atoms with Gasteiger partial charge in [-0.2, -0.15) is 0 Å². The van der Waals surface area contributed by atoms with Gasteiger partial charge >= 0.3 is 6.09 Å². The Kier molecular flexibility index (Phi) is 8.74. The van der Waals surface area contributed by atoms with Gasteiger partial charge in [0.05, 0.1) is 26.4 Å². The van der Waals surface area contributed by atoms with Crippen molar-refractivity contribution in [1.82, 2.24) is 0 Å². The number of carbonyl (C=O) groups excluding carboxylic acids is 1. The molecule has 1 aromatic rings. The SMILES string of the molecule is CCOc1ccccc1NC(=O)OCC[NH+](C)C.[Cl-]. The highest BCUT2D eigenvalue weighted by Gasteiger charge is 2.08. The summed E-state index contributed by atoms with van der Waals surface area (Å²) in [5.74, 6) is 0.648. The van der Waals surface area contributed by atoms with Crippen LogP contribution in [-0.2, 0) is 4.74 Å². The Morgan fingerprint density at radius 3 is 2.63 bits per heavy atom. The molecule has 0 heterocycles. The summed E-state index contributed by atoms with van der Waals surface area (Å²) in [5.41, 5.74) is 0.626. The fraction of sp³-hybridized carbons (Fsp3) is 0.462. The molecule has 5 nitrogen and oxygen atoms in total. The average Bonchev–Trinajstić information content (AvgIpc) is 2.31. The zero-order chi connectivity index (χ0) is 13.4. The van der Waals surface area contributed by atoms with Gasteiger partial charge in [-0.05, 0) is 19.1 Å². The van der Waals surface area contributed by atoms with Gasteiger partial charge in [0.2, 0.25) is 0 Å². The van der Waals surface area contributed by atoms with E-state index in [0.717, 1.165) is 6.54 Å². The van der Waals surface area contributed by atoms with E-state index in [4.69, 9.17) is 9.47 Å². The Labute approximate surface area is 120 Å². The number of halogens is 1. The minimum atomic E-state index is -0.455. The molecule has 0 aliphatic heterocycles. The van der Waals surface area contributed by atoms with E-state index >= 15 is 0 Å². The molecule has 108 valence electrons. The van der Waals surface area contributed by atoms with E-state index in [1.54, 1.807) is 6.07 Å². The number of ether oxygens (including phenoxy) is 2. The normalized spacial score (nSPS) is 9.68. The lowest BCUT2D eigenvalue weighted by Gasteiger charge is -2.12. The average molecular weight is 289 g/mol. The predicted octanol–water partition coefficient (Wildman–Crippen LogP) is -2.22. The van der Waals surface area contributed by atoms with Crippen LogP contribution >= 0.6 is 0 Å². The summed E-state index contributed by atoms with van der Waals surface area (Å²) in [7, 11) is 4.01. The minimum absolute atomic E-state index is 0. The van der Waals surface area contributed by atoms with Crippen LogP contribution in [0.2, 0.25) is 0 Å². The van der Waals surface area contributed by atoms with Gasteiger partial charge in [0, 0.05) is 0 Å². The second kappa shape index (κ2) is 9.47. The van der Waals surface area contributed by atoms with Crippen LogP contribution in [0.15, 0.2) is 24.3 Å². The predicted molar refractivity (Wildman–Crippen MR) is 70.3 cm³/mol. The van der Waals surface area contributed by atoms with Crippen molar-refractivity contribution in [2.45, 2.75) is 6.92 Å². The summed E-state index contributed by atoms with van der Waals surface area (Å²) in [6.07, 6.45) is -0.455. The number of carbonyl (C=O) groups is 1. The molecule has 0 atom stereocenters. The molecule has 0 aliphatic rings. The summed E-state index contributed by atoms with van der Waals surface area (Å²) in [6, 6.07) is 7.28. The zero-order valence-corrected chi connectivity index (χ0v) is 12.3. The summed E-state index contributed by atoms with van der Waals surface area (Å²) in [4.78, 5) is 12.8. The van der Waals surface area contributed by atoms with Gasteiger partial charge in [-0.3, -0.25) is 5.32 Å². The molecule has 0 spiro atoms. The van der Waals surface area contributed by atoms with Crippen LogP contribution in [-0.4, -0.2) is 39.9 Å². The van der Waals surface area contributed by atoms with Crippen LogP contribution in [0.1, 0.15) is 6.92 Å². The summed E-state index contributed by atoms with van der Waals surface area (Å²) in [6.45, 7) is 3.62. The van der Waals surface area contributed by atoms with E-state index in [1.807, 2.05) is 39.2 Å². The maximum absolute atomic E-state index is 11.6. The number of benzene rings is 1. The third-order valence-corrected chi connectivity index (χ3v) is 2.26. The molecular formula is C13H21ClN2O3. The Hall–Kier alpha value is -1.46. The highest BCUT2D eigenvalue weighted by atomic mass is 35.5. The fourth-order valence-corrected chi connectivity index (χ4v) is 1.35. The fourth-order valence-electron chi connectivity index (χ4n) is 1.35. The van der Waals surface area contributed by atoms with Crippen LogP contribution < -0.4 is 27.4 Å². The smallest absolute Gasteiger partial charge is 0.411 e. The van der Waals surface area contributed by atoms with Gasteiger partial charge in [0.15, 0.2) is 0 Å². The number of hydrogen-bond acceptors (Lipinski definition) is 3. The number of likely N-dealkylation sites (N-methyl/N-ethyl adjacent to an activating group) is 1. The molecule has 19 heavy (non-hydrogen) atoms. The maximum atomic E-state index is 11.6. The lowest BCUT2D eigenvalue weighted by Crippen LogP contribution is -3.06. The van der Waals surface area contributed by atoms with Crippen molar-refractivity contribution in [3.63, 3.8) is 0 Å². The van der Waals surface area contributed by atoms with E-state index in [2.05, 4.69) is 5.32 Å². The number of hydrogen-bond donors (Lipinski definition) is 2. The number of rotatable bonds is 6. The highest BCUT2D eigenvalue weighted by Crippen LogP contribution is 2.23.